The van der Waals surface area contributed by atoms with E-state index in [0.29, 0.717) is 6.79 Å². The van der Waals surface area contributed by atoms with Gasteiger partial charge in [0.2, 0.25) is 6.79 Å². The Bertz CT molecular complexity index is 561. The number of likely N-dealkylation sites (tertiary alicyclic amines) is 1. The maximum Gasteiger partial charge on any atom is 0.231 e. The van der Waals surface area contributed by atoms with Crippen molar-refractivity contribution >= 4 is 11.0 Å². The van der Waals surface area contributed by atoms with Gasteiger partial charge in [-0.3, -0.25) is 4.90 Å². The Kier molecular flexibility index (Phi) is 2.58. The molecule has 0 amide bonds. The second-order valence-corrected chi connectivity index (χ2v) is 5.24. The summed E-state index contributed by atoms with van der Waals surface area (Å²) in [7, 11) is 0. The molecule has 2 aliphatic rings. The van der Waals surface area contributed by atoms with Gasteiger partial charge in [0.25, 0.3) is 0 Å². The van der Waals surface area contributed by atoms with Crippen LogP contribution in [0.5, 0.6) is 11.5 Å². The van der Waals surface area contributed by atoms with Crippen LogP contribution < -0.4 is 9.47 Å². The highest BCUT2D eigenvalue weighted by molar-refractivity contribution is 5.80. The summed E-state index contributed by atoms with van der Waals surface area (Å²) in [5, 5.41) is 0. The van der Waals surface area contributed by atoms with Crippen molar-refractivity contribution in [3.8, 4) is 11.5 Å². The van der Waals surface area contributed by atoms with E-state index < -0.39 is 0 Å². The van der Waals surface area contributed by atoms with Gasteiger partial charge in [-0.15, -0.1) is 0 Å². The highest BCUT2D eigenvalue weighted by Gasteiger charge is 2.17. The van der Waals surface area contributed by atoms with E-state index in [1.807, 2.05) is 12.1 Å². The molecule has 0 saturated carbocycles. The molecular formula is C14H17N3O2. The van der Waals surface area contributed by atoms with Gasteiger partial charge in [-0.2, -0.15) is 0 Å². The fourth-order valence-corrected chi connectivity index (χ4v) is 2.86. The third-order valence-electron chi connectivity index (χ3n) is 3.85. The van der Waals surface area contributed by atoms with E-state index in [0.717, 1.165) is 34.9 Å². The zero-order chi connectivity index (χ0) is 12.7. The molecule has 0 unspecified atom stereocenters. The Morgan fingerprint density at radius 2 is 1.89 bits per heavy atom. The first-order valence-electron chi connectivity index (χ1n) is 6.89. The Morgan fingerprint density at radius 3 is 2.74 bits per heavy atom. The molecule has 1 N–H and O–H groups in total. The standard InChI is InChI=1S/C14H17N3O2/c1-2-4-17(5-3-1)8-14-15-10-6-12-13(19-9-18-12)7-11(10)16-14/h6-7H,1-5,8-9H2,(H,15,16). The number of rotatable bonds is 2. The van der Waals surface area contributed by atoms with Crippen molar-refractivity contribution in [2.24, 2.45) is 0 Å². The van der Waals surface area contributed by atoms with Crippen LogP contribution in [0.2, 0.25) is 0 Å². The topological polar surface area (TPSA) is 50.4 Å². The Hall–Kier alpha value is -1.75. The maximum absolute atomic E-state index is 5.39. The molecule has 1 saturated heterocycles. The first-order chi connectivity index (χ1) is 9.38. The van der Waals surface area contributed by atoms with Crippen molar-refractivity contribution in [2.45, 2.75) is 25.8 Å². The smallest absolute Gasteiger partial charge is 0.231 e. The lowest BCUT2D eigenvalue weighted by Gasteiger charge is -2.25. The molecule has 2 aliphatic heterocycles. The molecule has 19 heavy (non-hydrogen) atoms. The predicted molar refractivity (Wildman–Crippen MR) is 71.3 cm³/mol. The number of hydrogen-bond acceptors (Lipinski definition) is 4. The predicted octanol–water partition coefficient (Wildman–Crippen LogP) is 2.28. The van der Waals surface area contributed by atoms with E-state index >= 15 is 0 Å². The van der Waals surface area contributed by atoms with Gasteiger partial charge >= 0.3 is 0 Å². The number of imidazole rings is 1. The molecule has 0 spiro atoms. The van der Waals surface area contributed by atoms with Crippen LogP contribution in [0.4, 0.5) is 0 Å². The number of hydrogen-bond donors (Lipinski definition) is 1. The minimum atomic E-state index is 0.308. The van der Waals surface area contributed by atoms with Gasteiger partial charge in [-0.05, 0) is 25.9 Å². The zero-order valence-corrected chi connectivity index (χ0v) is 10.8. The summed E-state index contributed by atoms with van der Waals surface area (Å²) >= 11 is 0. The fourth-order valence-electron chi connectivity index (χ4n) is 2.86. The van der Waals surface area contributed by atoms with E-state index in [9.17, 15) is 0 Å². The third kappa shape index (κ3) is 2.04. The number of benzene rings is 1. The molecule has 0 aliphatic carbocycles. The van der Waals surface area contributed by atoms with Crippen LogP contribution >= 0.6 is 0 Å². The molecule has 5 nitrogen and oxygen atoms in total. The molecule has 1 aromatic heterocycles. The number of fused-ring (bicyclic) bond motifs is 2. The van der Waals surface area contributed by atoms with Crippen molar-refractivity contribution < 1.29 is 9.47 Å². The van der Waals surface area contributed by atoms with Crippen LogP contribution in [-0.2, 0) is 6.54 Å². The van der Waals surface area contributed by atoms with Crippen LogP contribution in [-0.4, -0.2) is 34.8 Å². The molecule has 0 atom stereocenters. The van der Waals surface area contributed by atoms with Crippen LogP contribution in [0.15, 0.2) is 12.1 Å². The normalized spacial score (nSPS) is 19.2. The SMILES string of the molecule is c1c2c(cc3[nH]c(CN4CCCCC4)nc13)OCO2. The highest BCUT2D eigenvalue weighted by atomic mass is 16.7. The summed E-state index contributed by atoms with van der Waals surface area (Å²) in [5.74, 6) is 2.63. The van der Waals surface area contributed by atoms with E-state index in [1.54, 1.807) is 0 Å². The summed E-state index contributed by atoms with van der Waals surface area (Å²) < 4.78 is 10.8. The molecular weight excluding hydrogens is 242 g/mol. The number of nitrogens with zero attached hydrogens (tertiary/aromatic N) is 2. The molecule has 1 aromatic carbocycles. The summed E-state index contributed by atoms with van der Waals surface area (Å²) in [6.45, 7) is 3.57. The van der Waals surface area contributed by atoms with Crippen LogP contribution in [0.1, 0.15) is 25.1 Å². The van der Waals surface area contributed by atoms with Crippen molar-refractivity contribution in [3.05, 3.63) is 18.0 Å². The lowest BCUT2D eigenvalue weighted by molar-refractivity contribution is 0.174. The zero-order valence-electron chi connectivity index (χ0n) is 10.8. The number of aromatic amines is 1. The van der Waals surface area contributed by atoms with Crippen molar-refractivity contribution in [2.75, 3.05) is 19.9 Å². The van der Waals surface area contributed by atoms with Gasteiger partial charge < -0.3 is 14.5 Å². The van der Waals surface area contributed by atoms with Gasteiger partial charge in [0, 0.05) is 12.1 Å². The van der Waals surface area contributed by atoms with E-state index in [4.69, 9.17) is 9.47 Å². The largest absolute Gasteiger partial charge is 0.454 e. The summed E-state index contributed by atoms with van der Waals surface area (Å²) in [4.78, 5) is 10.5. The van der Waals surface area contributed by atoms with Crippen LogP contribution in [0.25, 0.3) is 11.0 Å². The Balaban J connectivity index is 1.61. The highest BCUT2D eigenvalue weighted by Crippen LogP contribution is 2.35. The minimum Gasteiger partial charge on any atom is -0.454 e. The number of piperidine rings is 1. The minimum absolute atomic E-state index is 0.308. The van der Waals surface area contributed by atoms with Gasteiger partial charge in [0.15, 0.2) is 11.5 Å². The fraction of sp³-hybridized carbons (Fsp3) is 0.500. The van der Waals surface area contributed by atoms with Crippen molar-refractivity contribution in [1.82, 2.24) is 14.9 Å². The Labute approximate surface area is 111 Å². The second kappa shape index (κ2) is 4.42. The number of nitrogens with one attached hydrogen (secondary N) is 1. The van der Waals surface area contributed by atoms with Gasteiger partial charge in [-0.25, -0.2) is 4.98 Å². The lowest BCUT2D eigenvalue weighted by Crippen LogP contribution is -2.29. The first kappa shape index (κ1) is 11.1. The summed E-state index contributed by atoms with van der Waals surface area (Å²) in [5.41, 5.74) is 1.98. The molecule has 0 radical (unpaired) electrons. The maximum atomic E-state index is 5.39. The molecule has 1 fully saturated rings. The van der Waals surface area contributed by atoms with Gasteiger partial charge in [0.1, 0.15) is 5.82 Å². The summed E-state index contributed by atoms with van der Waals surface area (Å²) in [6, 6.07) is 3.93. The molecule has 2 aromatic rings. The van der Waals surface area contributed by atoms with E-state index in [-0.39, 0.29) is 0 Å². The van der Waals surface area contributed by atoms with Crippen molar-refractivity contribution in [1.29, 1.82) is 0 Å². The summed E-state index contributed by atoms with van der Waals surface area (Å²) in [6.07, 6.45) is 3.96. The molecule has 5 heteroatoms. The van der Waals surface area contributed by atoms with Gasteiger partial charge in [0.05, 0.1) is 17.6 Å². The monoisotopic (exact) mass is 259 g/mol. The molecule has 3 heterocycles. The van der Waals surface area contributed by atoms with Crippen LogP contribution in [0.3, 0.4) is 0 Å². The molecule has 100 valence electrons. The quantitative estimate of drug-likeness (QED) is 0.899. The first-order valence-corrected chi connectivity index (χ1v) is 6.89. The van der Waals surface area contributed by atoms with Crippen LogP contribution in [0, 0.1) is 0 Å². The lowest BCUT2D eigenvalue weighted by atomic mass is 10.1. The third-order valence-corrected chi connectivity index (χ3v) is 3.85. The van der Waals surface area contributed by atoms with Crippen molar-refractivity contribution in [3.63, 3.8) is 0 Å². The molecule has 4 rings (SSSR count). The number of ether oxygens (including phenoxy) is 2. The average molecular weight is 259 g/mol. The van der Waals surface area contributed by atoms with Gasteiger partial charge in [-0.1, -0.05) is 6.42 Å². The Morgan fingerprint density at radius 1 is 1.11 bits per heavy atom. The van der Waals surface area contributed by atoms with E-state index in [2.05, 4.69) is 14.9 Å². The van der Waals surface area contributed by atoms with E-state index in [1.165, 1.54) is 32.4 Å². The second-order valence-electron chi connectivity index (χ2n) is 5.24. The average Bonchev–Trinajstić information content (AvgIpc) is 3.01. The number of H-pyrrole nitrogens is 1. The number of aromatic nitrogens is 2. The molecule has 0 bridgehead atoms.